The number of nitrogens with zero attached hydrogens (tertiary/aromatic N) is 1. The number of hydrogen-bond donors (Lipinski definition) is 1. The lowest BCUT2D eigenvalue weighted by molar-refractivity contribution is -0.137. The lowest BCUT2D eigenvalue weighted by Gasteiger charge is -2.32. The number of anilines is 1. The van der Waals surface area contributed by atoms with E-state index in [0.29, 0.717) is 11.3 Å². The molecule has 0 aliphatic heterocycles. The van der Waals surface area contributed by atoms with Gasteiger partial charge in [-0.2, -0.15) is 13.2 Å². The van der Waals surface area contributed by atoms with Gasteiger partial charge in [-0.15, -0.1) is 0 Å². The van der Waals surface area contributed by atoms with E-state index in [0.717, 1.165) is 23.3 Å². The number of carbonyl (C=O) groups excluding carboxylic acids is 1. The molecule has 0 fully saturated rings. The monoisotopic (exact) mass is 459 g/mol. The van der Waals surface area contributed by atoms with E-state index in [1.165, 1.54) is 48.2 Å². The van der Waals surface area contributed by atoms with E-state index in [-0.39, 0.29) is 18.5 Å². The van der Waals surface area contributed by atoms with Crippen molar-refractivity contribution in [2.24, 2.45) is 0 Å². The standard InChI is InChI=1S/C26H25F4NO2/c1-17-4-13-23(16-18(17)2)31(15-14-19-5-7-21(8-6-19)26(28,29)30)24(32)25(3,33)20-9-11-22(27)12-10-20/h4-13,16,33H,14-15H2,1-3H3/t25-/m0/s1. The molecule has 0 heterocycles. The molecule has 0 spiro atoms. The van der Waals surface area contributed by atoms with Gasteiger partial charge in [0.2, 0.25) is 0 Å². The molecule has 0 aliphatic carbocycles. The number of alkyl halides is 3. The first-order chi connectivity index (χ1) is 15.4. The van der Waals surface area contributed by atoms with Crippen LogP contribution in [-0.4, -0.2) is 17.6 Å². The number of hydrogen-bond acceptors (Lipinski definition) is 2. The van der Waals surface area contributed by atoms with Crippen LogP contribution in [0.15, 0.2) is 66.7 Å². The molecule has 1 atom stereocenters. The largest absolute Gasteiger partial charge is 0.416 e. The molecule has 1 amide bonds. The number of carbonyl (C=O) groups is 1. The van der Waals surface area contributed by atoms with Crippen molar-refractivity contribution in [1.82, 2.24) is 0 Å². The Morgan fingerprint density at radius 1 is 0.879 bits per heavy atom. The van der Waals surface area contributed by atoms with Crippen LogP contribution in [0.5, 0.6) is 0 Å². The summed E-state index contributed by atoms with van der Waals surface area (Å²) >= 11 is 0. The lowest BCUT2D eigenvalue weighted by atomic mass is 9.93. The molecule has 174 valence electrons. The highest BCUT2D eigenvalue weighted by Crippen LogP contribution is 2.30. The number of rotatable bonds is 6. The van der Waals surface area contributed by atoms with Gasteiger partial charge in [-0.05, 0) is 85.8 Å². The maximum absolute atomic E-state index is 13.5. The minimum absolute atomic E-state index is 0.129. The Labute approximate surface area is 190 Å². The van der Waals surface area contributed by atoms with Gasteiger partial charge in [0.15, 0.2) is 5.60 Å². The Balaban J connectivity index is 1.91. The maximum Gasteiger partial charge on any atom is 0.416 e. The highest BCUT2D eigenvalue weighted by Gasteiger charge is 2.37. The van der Waals surface area contributed by atoms with Gasteiger partial charge < -0.3 is 10.0 Å². The average Bonchev–Trinajstić information content (AvgIpc) is 2.76. The Bertz CT molecular complexity index is 1120. The van der Waals surface area contributed by atoms with E-state index in [4.69, 9.17) is 0 Å². The first-order valence-corrected chi connectivity index (χ1v) is 10.4. The second kappa shape index (κ2) is 9.35. The molecular weight excluding hydrogens is 434 g/mol. The fourth-order valence-electron chi connectivity index (χ4n) is 3.50. The summed E-state index contributed by atoms with van der Waals surface area (Å²) < 4.78 is 51.9. The van der Waals surface area contributed by atoms with Crippen molar-refractivity contribution in [3.05, 3.63) is 100 Å². The Morgan fingerprint density at radius 3 is 2.00 bits per heavy atom. The molecule has 3 aromatic rings. The van der Waals surface area contributed by atoms with E-state index in [9.17, 15) is 27.5 Å². The normalized spacial score (nSPS) is 13.5. The van der Waals surface area contributed by atoms with E-state index in [2.05, 4.69) is 0 Å². The zero-order valence-electron chi connectivity index (χ0n) is 18.6. The van der Waals surface area contributed by atoms with Crippen molar-refractivity contribution in [3.63, 3.8) is 0 Å². The molecule has 0 aliphatic rings. The molecule has 7 heteroatoms. The highest BCUT2D eigenvalue weighted by atomic mass is 19.4. The van der Waals surface area contributed by atoms with Crippen LogP contribution in [-0.2, 0) is 23.0 Å². The van der Waals surface area contributed by atoms with Crippen molar-refractivity contribution in [1.29, 1.82) is 0 Å². The molecule has 0 radical (unpaired) electrons. The van der Waals surface area contributed by atoms with Crippen LogP contribution < -0.4 is 4.90 Å². The summed E-state index contributed by atoms with van der Waals surface area (Å²) in [4.78, 5) is 14.9. The molecule has 1 N–H and O–H groups in total. The van der Waals surface area contributed by atoms with Gasteiger partial charge in [0.05, 0.1) is 5.56 Å². The maximum atomic E-state index is 13.5. The summed E-state index contributed by atoms with van der Waals surface area (Å²) in [7, 11) is 0. The Hall–Kier alpha value is -3.19. The summed E-state index contributed by atoms with van der Waals surface area (Å²) in [5, 5.41) is 11.1. The van der Waals surface area contributed by atoms with Crippen molar-refractivity contribution >= 4 is 11.6 Å². The highest BCUT2D eigenvalue weighted by molar-refractivity contribution is 5.99. The predicted molar refractivity (Wildman–Crippen MR) is 119 cm³/mol. The predicted octanol–water partition coefficient (Wildman–Crippen LogP) is 5.94. The second-order valence-electron chi connectivity index (χ2n) is 8.25. The molecule has 3 aromatic carbocycles. The van der Waals surface area contributed by atoms with Crippen LogP contribution in [0.25, 0.3) is 0 Å². The van der Waals surface area contributed by atoms with E-state index in [1.807, 2.05) is 26.0 Å². The summed E-state index contributed by atoms with van der Waals surface area (Å²) in [6.07, 6.45) is -4.15. The summed E-state index contributed by atoms with van der Waals surface area (Å²) in [5.74, 6) is -1.11. The lowest BCUT2D eigenvalue weighted by Crippen LogP contribution is -2.46. The quantitative estimate of drug-likeness (QED) is 0.463. The SMILES string of the molecule is Cc1ccc(N(CCc2ccc(C(F)(F)F)cc2)C(=O)[C@@](C)(O)c2ccc(F)cc2)cc1C. The van der Waals surface area contributed by atoms with Crippen molar-refractivity contribution < 1.29 is 27.5 Å². The van der Waals surface area contributed by atoms with Crippen LogP contribution in [0.4, 0.5) is 23.2 Å². The van der Waals surface area contributed by atoms with Crippen LogP contribution in [0, 0.1) is 19.7 Å². The third kappa shape index (κ3) is 5.60. The summed E-state index contributed by atoms with van der Waals surface area (Å²) in [5.41, 5.74) is 0.695. The number of amides is 1. The fourth-order valence-corrected chi connectivity index (χ4v) is 3.50. The minimum atomic E-state index is -4.42. The topological polar surface area (TPSA) is 40.5 Å². The van der Waals surface area contributed by atoms with Gasteiger partial charge in [-0.3, -0.25) is 4.79 Å². The van der Waals surface area contributed by atoms with Gasteiger partial charge in [0.25, 0.3) is 5.91 Å². The first-order valence-electron chi connectivity index (χ1n) is 10.4. The molecular formula is C26H25F4NO2. The van der Waals surface area contributed by atoms with Gasteiger partial charge in [0.1, 0.15) is 5.82 Å². The molecule has 3 rings (SSSR count). The van der Waals surface area contributed by atoms with Crippen molar-refractivity contribution in [2.45, 2.75) is 39.0 Å². The first kappa shape index (κ1) is 24.5. The van der Waals surface area contributed by atoms with Crippen LogP contribution in [0.3, 0.4) is 0 Å². The summed E-state index contributed by atoms with van der Waals surface area (Å²) in [6, 6.07) is 15.2. The van der Waals surface area contributed by atoms with Crippen LogP contribution in [0.2, 0.25) is 0 Å². The van der Waals surface area contributed by atoms with Crippen LogP contribution in [0.1, 0.15) is 34.7 Å². The number of benzene rings is 3. The van der Waals surface area contributed by atoms with Gasteiger partial charge >= 0.3 is 6.18 Å². The molecule has 0 aromatic heterocycles. The van der Waals surface area contributed by atoms with E-state index < -0.39 is 29.1 Å². The number of halogens is 4. The molecule has 3 nitrogen and oxygen atoms in total. The van der Waals surface area contributed by atoms with Gasteiger partial charge in [-0.1, -0.05) is 30.3 Å². The smallest absolute Gasteiger partial charge is 0.376 e. The van der Waals surface area contributed by atoms with Gasteiger partial charge in [-0.25, -0.2) is 4.39 Å². The average molecular weight is 459 g/mol. The Kier molecular flexibility index (Phi) is 6.93. The zero-order chi connectivity index (χ0) is 24.4. The molecule has 0 unspecified atom stereocenters. The third-order valence-electron chi connectivity index (χ3n) is 5.78. The number of aryl methyl sites for hydroxylation is 2. The molecule has 0 saturated heterocycles. The number of aliphatic hydroxyl groups is 1. The van der Waals surface area contributed by atoms with Gasteiger partial charge in [0, 0.05) is 12.2 Å². The van der Waals surface area contributed by atoms with Crippen molar-refractivity contribution in [2.75, 3.05) is 11.4 Å². The summed E-state index contributed by atoms with van der Waals surface area (Å²) in [6.45, 7) is 5.30. The van der Waals surface area contributed by atoms with E-state index >= 15 is 0 Å². The third-order valence-corrected chi connectivity index (χ3v) is 5.78. The molecule has 0 bridgehead atoms. The zero-order valence-corrected chi connectivity index (χ0v) is 18.6. The van der Waals surface area contributed by atoms with E-state index in [1.54, 1.807) is 6.07 Å². The van der Waals surface area contributed by atoms with Crippen LogP contribution >= 0.6 is 0 Å². The molecule has 0 saturated carbocycles. The fraction of sp³-hybridized carbons (Fsp3) is 0.269. The Morgan fingerprint density at radius 2 is 1.45 bits per heavy atom. The minimum Gasteiger partial charge on any atom is -0.376 e. The second-order valence-corrected chi connectivity index (χ2v) is 8.25. The molecule has 33 heavy (non-hydrogen) atoms. The van der Waals surface area contributed by atoms with Crippen molar-refractivity contribution in [3.8, 4) is 0 Å².